The third-order valence-corrected chi connectivity index (χ3v) is 9.23. The Morgan fingerprint density at radius 3 is 1.09 bits per heavy atom. The zero-order valence-corrected chi connectivity index (χ0v) is 29.2. The molecule has 254 valence electrons. The van der Waals surface area contributed by atoms with Gasteiger partial charge in [0, 0.05) is 45.8 Å². The number of benzene rings is 6. The number of hydrogen-bond donors (Lipinski definition) is 0. The summed E-state index contributed by atoms with van der Waals surface area (Å²) in [6.45, 7) is 0. The summed E-state index contributed by atoms with van der Waals surface area (Å²) >= 11 is 0. The van der Waals surface area contributed by atoms with Crippen LogP contribution < -0.4 is 0 Å². The zero-order valence-electron chi connectivity index (χ0n) is 29.2. The SMILES string of the molecule is c1ccc(-c2cc(-c3ccccc3)nc(-c3ccc(-c4cc(-c5ncccn5)cc(-c5nc(-c6ccccc6)nc(-c6ccccc6)n5)c4)cc3)c2)cc1. The average Bonchev–Trinajstić information content (AvgIpc) is 3.27. The van der Waals surface area contributed by atoms with Crippen molar-refractivity contribution in [2.24, 2.45) is 0 Å². The molecule has 3 aromatic heterocycles. The van der Waals surface area contributed by atoms with Crippen molar-refractivity contribution < 1.29 is 0 Å². The Hall–Kier alpha value is -7.44. The normalized spacial score (nSPS) is 11.0. The molecule has 0 saturated heterocycles. The first-order valence-electron chi connectivity index (χ1n) is 17.8. The van der Waals surface area contributed by atoms with Crippen LogP contribution in [0.5, 0.6) is 0 Å². The molecule has 9 aromatic rings. The van der Waals surface area contributed by atoms with Gasteiger partial charge in [-0.25, -0.2) is 29.9 Å². The molecule has 0 amide bonds. The maximum atomic E-state index is 5.14. The molecule has 0 saturated carbocycles. The van der Waals surface area contributed by atoms with Crippen molar-refractivity contribution in [3.63, 3.8) is 0 Å². The van der Waals surface area contributed by atoms with E-state index in [1.807, 2.05) is 91.0 Å². The maximum Gasteiger partial charge on any atom is 0.164 e. The molecule has 3 heterocycles. The fraction of sp³-hybridized carbons (Fsp3) is 0. The molecule has 0 aliphatic carbocycles. The number of nitrogens with zero attached hydrogens (tertiary/aromatic N) is 6. The van der Waals surface area contributed by atoms with Gasteiger partial charge in [0.15, 0.2) is 23.3 Å². The molecule has 6 nitrogen and oxygen atoms in total. The fourth-order valence-corrected chi connectivity index (χ4v) is 6.50. The largest absolute Gasteiger partial charge is 0.248 e. The quantitative estimate of drug-likeness (QED) is 0.158. The highest BCUT2D eigenvalue weighted by molar-refractivity contribution is 5.81. The fourth-order valence-electron chi connectivity index (χ4n) is 6.50. The number of aromatic nitrogens is 6. The second kappa shape index (κ2) is 14.7. The lowest BCUT2D eigenvalue weighted by Gasteiger charge is -2.13. The summed E-state index contributed by atoms with van der Waals surface area (Å²) in [5, 5.41) is 0. The summed E-state index contributed by atoms with van der Waals surface area (Å²) in [4.78, 5) is 29.3. The molecular formula is C48H32N6. The highest BCUT2D eigenvalue weighted by atomic mass is 15.0. The summed E-state index contributed by atoms with van der Waals surface area (Å²) in [6, 6.07) is 61.8. The van der Waals surface area contributed by atoms with Crippen LogP contribution in [0.25, 0.3) is 90.3 Å². The Morgan fingerprint density at radius 2 is 0.574 bits per heavy atom. The van der Waals surface area contributed by atoms with E-state index in [1.54, 1.807) is 12.4 Å². The van der Waals surface area contributed by atoms with Crippen molar-refractivity contribution in [3.05, 3.63) is 194 Å². The lowest BCUT2D eigenvalue weighted by atomic mass is 9.96. The minimum absolute atomic E-state index is 0.564. The van der Waals surface area contributed by atoms with Crippen molar-refractivity contribution in [2.45, 2.75) is 0 Å². The van der Waals surface area contributed by atoms with Crippen LogP contribution in [-0.2, 0) is 0 Å². The molecule has 0 aliphatic rings. The monoisotopic (exact) mass is 692 g/mol. The van der Waals surface area contributed by atoms with Crippen molar-refractivity contribution >= 4 is 0 Å². The molecule has 0 atom stereocenters. The van der Waals surface area contributed by atoms with Gasteiger partial charge in [0.25, 0.3) is 0 Å². The molecule has 0 radical (unpaired) electrons. The predicted octanol–water partition coefficient (Wildman–Crippen LogP) is 11.4. The van der Waals surface area contributed by atoms with Crippen LogP contribution in [0, 0.1) is 0 Å². The van der Waals surface area contributed by atoms with Gasteiger partial charge in [0.1, 0.15) is 0 Å². The van der Waals surface area contributed by atoms with Crippen LogP contribution in [0.2, 0.25) is 0 Å². The number of pyridine rings is 1. The maximum absolute atomic E-state index is 5.14. The molecule has 0 aliphatic heterocycles. The van der Waals surface area contributed by atoms with Gasteiger partial charge in [-0.05, 0) is 58.7 Å². The third kappa shape index (κ3) is 6.92. The molecule has 6 heteroatoms. The standard InChI is InChI=1S/C48H32N6/c1-5-14-33(15-6-1)40-31-43(35-16-7-2-8-17-35)51-44(32-40)36-24-22-34(23-25-36)39-28-41(45-49-26-13-27-50-45)30-42(29-39)48-53-46(37-18-9-3-10-19-37)52-47(54-48)38-20-11-4-12-21-38/h1-32H. The smallest absolute Gasteiger partial charge is 0.164 e. The van der Waals surface area contributed by atoms with E-state index in [1.165, 1.54) is 0 Å². The molecule has 0 unspecified atom stereocenters. The first kappa shape index (κ1) is 32.5. The molecule has 9 rings (SSSR count). The third-order valence-electron chi connectivity index (χ3n) is 9.23. The second-order valence-electron chi connectivity index (χ2n) is 12.8. The summed E-state index contributed by atoms with van der Waals surface area (Å²) in [5.41, 5.74) is 11.7. The minimum Gasteiger partial charge on any atom is -0.248 e. The van der Waals surface area contributed by atoms with Crippen molar-refractivity contribution in [1.82, 2.24) is 29.9 Å². The summed E-state index contributed by atoms with van der Waals surface area (Å²) < 4.78 is 0. The van der Waals surface area contributed by atoms with Crippen LogP contribution in [0.15, 0.2) is 194 Å². The molecule has 0 bridgehead atoms. The predicted molar refractivity (Wildman–Crippen MR) is 217 cm³/mol. The van der Waals surface area contributed by atoms with Crippen molar-refractivity contribution in [2.75, 3.05) is 0 Å². The first-order chi connectivity index (χ1) is 26.7. The Kier molecular flexibility index (Phi) is 8.81. The number of rotatable bonds is 8. The Labute approximate surface area is 313 Å². The van der Waals surface area contributed by atoms with Crippen LogP contribution in [0.3, 0.4) is 0 Å². The highest BCUT2D eigenvalue weighted by Gasteiger charge is 2.16. The minimum atomic E-state index is 0.564. The topological polar surface area (TPSA) is 77.3 Å². The van der Waals surface area contributed by atoms with Crippen LogP contribution in [0.4, 0.5) is 0 Å². The zero-order chi connectivity index (χ0) is 36.1. The van der Waals surface area contributed by atoms with Crippen LogP contribution in [-0.4, -0.2) is 29.9 Å². The van der Waals surface area contributed by atoms with Gasteiger partial charge in [0.05, 0.1) is 11.4 Å². The Bertz CT molecular complexity index is 2550. The second-order valence-corrected chi connectivity index (χ2v) is 12.8. The molecule has 54 heavy (non-hydrogen) atoms. The molecular weight excluding hydrogens is 661 g/mol. The van der Waals surface area contributed by atoms with E-state index >= 15 is 0 Å². The van der Waals surface area contributed by atoms with E-state index in [0.717, 1.165) is 67.0 Å². The average molecular weight is 693 g/mol. The van der Waals surface area contributed by atoms with E-state index in [4.69, 9.17) is 19.9 Å². The van der Waals surface area contributed by atoms with Gasteiger partial charge in [-0.15, -0.1) is 0 Å². The van der Waals surface area contributed by atoms with Gasteiger partial charge in [0.2, 0.25) is 0 Å². The number of hydrogen-bond acceptors (Lipinski definition) is 6. The summed E-state index contributed by atoms with van der Waals surface area (Å²) in [5.74, 6) is 2.39. The van der Waals surface area contributed by atoms with Crippen molar-refractivity contribution in [3.8, 4) is 90.3 Å². The van der Waals surface area contributed by atoms with Gasteiger partial charge < -0.3 is 0 Å². The lowest BCUT2D eigenvalue weighted by Crippen LogP contribution is -2.00. The van der Waals surface area contributed by atoms with Crippen LogP contribution in [0.1, 0.15) is 0 Å². The van der Waals surface area contributed by atoms with E-state index in [-0.39, 0.29) is 0 Å². The summed E-state index contributed by atoms with van der Waals surface area (Å²) in [7, 11) is 0. The molecule has 6 aromatic carbocycles. The Morgan fingerprint density at radius 1 is 0.222 bits per heavy atom. The van der Waals surface area contributed by atoms with E-state index < -0.39 is 0 Å². The molecule has 0 N–H and O–H groups in total. The molecule has 0 spiro atoms. The summed E-state index contributed by atoms with van der Waals surface area (Å²) in [6.07, 6.45) is 3.52. The first-order valence-corrected chi connectivity index (χ1v) is 17.8. The van der Waals surface area contributed by atoms with Crippen LogP contribution >= 0.6 is 0 Å². The lowest BCUT2D eigenvalue weighted by molar-refractivity contribution is 1.07. The van der Waals surface area contributed by atoms with Gasteiger partial charge in [-0.1, -0.05) is 146 Å². The van der Waals surface area contributed by atoms with Gasteiger partial charge >= 0.3 is 0 Å². The van der Waals surface area contributed by atoms with Gasteiger partial charge in [-0.3, -0.25) is 0 Å². The highest BCUT2D eigenvalue weighted by Crippen LogP contribution is 2.35. The Balaban J connectivity index is 1.16. The van der Waals surface area contributed by atoms with Crippen molar-refractivity contribution in [1.29, 1.82) is 0 Å². The molecule has 0 fully saturated rings. The van der Waals surface area contributed by atoms with Gasteiger partial charge in [-0.2, -0.15) is 0 Å². The van der Waals surface area contributed by atoms with E-state index in [2.05, 4.69) is 101 Å². The van der Waals surface area contributed by atoms with E-state index in [9.17, 15) is 0 Å². The van der Waals surface area contributed by atoms with E-state index in [0.29, 0.717) is 23.3 Å².